The molecule has 2 saturated heterocycles. The van der Waals surface area contributed by atoms with Gasteiger partial charge in [0, 0.05) is 11.8 Å². The topological polar surface area (TPSA) is 36.9 Å². The largest absolute Gasteiger partial charge is 0.353 e. The van der Waals surface area contributed by atoms with Crippen molar-refractivity contribution in [1.29, 1.82) is 0 Å². The van der Waals surface area contributed by atoms with E-state index in [9.17, 15) is 0 Å². The summed E-state index contributed by atoms with van der Waals surface area (Å²) in [5, 5.41) is 0. The smallest absolute Gasteiger partial charge is 0.154 e. The predicted molar refractivity (Wildman–Crippen MR) is 58.9 cm³/mol. The highest BCUT2D eigenvalue weighted by atomic mass is 16.7. The van der Waals surface area contributed by atoms with Crippen molar-refractivity contribution in [3.63, 3.8) is 0 Å². The quantitative estimate of drug-likeness (QED) is 0.740. The molecule has 2 aliphatic heterocycles. The van der Waals surface area contributed by atoms with Gasteiger partial charge in [-0.25, -0.2) is 0 Å². The van der Waals surface area contributed by atoms with Gasteiger partial charge in [0.2, 0.25) is 0 Å². The molecule has 0 saturated carbocycles. The van der Waals surface area contributed by atoms with E-state index in [1.165, 1.54) is 0 Å². The summed E-state index contributed by atoms with van der Waals surface area (Å²) in [4.78, 5) is 0. The number of rotatable bonds is 3. The molecule has 2 fully saturated rings. The van der Waals surface area contributed by atoms with Crippen molar-refractivity contribution in [2.24, 2.45) is 11.8 Å². The fourth-order valence-corrected chi connectivity index (χ4v) is 2.08. The van der Waals surface area contributed by atoms with E-state index in [1.807, 2.05) is 13.8 Å². The molecular formula is C12H22O4. The van der Waals surface area contributed by atoms with Crippen LogP contribution in [-0.2, 0) is 18.9 Å². The fourth-order valence-electron chi connectivity index (χ4n) is 2.08. The first-order chi connectivity index (χ1) is 7.74. The first-order valence-electron chi connectivity index (χ1n) is 6.20. The number of hydrogen-bond donors (Lipinski definition) is 0. The van der Waals surface area contributed by atoms with Crippen molar-refractivity contribution in [3.8, 4) is 0 Å². The van der Waals surface area contributed by atoms with Crippen molar-refractivity contribution in [3.05, 3.63) is 0 Å². The molecule has 0 spiro atoms. The van der Waals surface area contributed by atoms with Crippen LogP contribution in [0.3, 0.4) is 0 Å². The molecule has 0 radical (unpaired) electrons. The highest BCUT2D eigenvalue weighted by Crippen LogP contribution is 2.21. The van der Waals surface area contributed by atoms with E-state index in [0.717, 1.165) is 39.3 Å². The van der Waals surface area contributed by atoms with Crippen molar-refractivity contribution in [2.45, 2.75) is 39.3 Å². The third-order valence-corrected chi connectivity index (χ3v) is 3.25. The molecule has 0 aromatic heterocycles. The minimum Gasteiger partial charge on any atom is -0.353 e. The van der Waals surface area contributed by atoms with Crippen LogP contribution in [0.15, 0.2) is 0 Å². The maximum absolute atomic E-state index is 5.46. The van der Waals surface area contributed by atoms with E-state index in [0.29, 0.717) is 11.8 Å². The van der Waals surface area contributed by atoms with E-state index in [2.05, 4.69) is 0 Å². The van der Waals surface area contributed by atoms with Gasteiger partial charge in [0.15, 0.2) is 12.6 Å². The number of hydrogen-bond acceptors (Lipinski definition) is 4. The third-order valence-electron chi connectivity index (χ3n) is 3.25. The highest BCUT2D eigenvalue weighted by Gasteiger charge is 2.23. The molecule has 2 heterocycles. The van der Waals surface area contributed by atoms with Gasteiger partial charge in [0.25, 0.3) is 0 Å². The Balaban J connectivity index is 1.60. The van der Waals surface area contributed by atoms with Crippen molar-refractivity contribution < 1.29 is 18.9 Å². The normalized spacial score (nSPS) is 40.9. The maximum atomic E-state index is 5.46. The Morgan fingerprint density at radius 1 is 0.688 bits per heavy atom. The zero-order valence-corrected chi connectivity index (χ0v) is 10.2. The van der Waals surface area contributed by atoms with Gasteiger partial charge in [-0.05, 0) is 26.7 Å². The van der Waals surface area contributed by atoms with Gasteiger partial charge in [0.05, 0.1) is 26.4 Å². The van der Waals surface area contributed by atoms with Gasteiger partial charge in [-0.3, -0.25) is 0 Å². The molecule has 4 heteroatoms. The summed E-state index contributed by atoms with van der Waals surface area (Å²) in [5.74, 6) is 1.08. The lowest BCUT2D eigenvalue weighted by Gasteiger charge is -2.30. The standard InChI is InChI=1S/C12H22O4/c1-9-13-5-11(6-14-9)3-4-12-7-15-10(2)16-8-12/h9-12H,3-8H2,1-2H3/t9-,10?,11+,12?. The van der Waals surface area contributed by atoms with Crippen molar-refractivity contribution in [2.75, 3.05) is 26.4 Å². The minimum atomic E-state index is -0.0292. The molecule has 0 aromatic carbocycles. The van der Waals surface area contributed by atoms with Gasteiger partial charge >= 0.3 is 0 Å². The lowest BCUT2D eigenvalue weighted by atomic mass is 9.97. The molecule has 2 rings (SSSR count). The summed E-state index contributed by atoms with van der Waals surface area (Å²) in [5.41, 5.74) is 0. The van der Waals surface area contributed by atoms with Crippen molar-refractivity contribution in [1.82, 2.24) is 0 Å². The summed E-state index contributed by atoms with van der Waals surface area (Å²) in [7, 11) is 0. The Bertz CT molecular complexity index is 171. The Morgan fingerprint density at radius 2 is 1.00 bits per heavy atom. The summed E-state index contributed by atoms with van der Waals surface area (Å²) in [6, 6.07) is 0. The second kappa shape index (κ2) is 5.96. The molecule has 16 heavy (non-hydrogen) atoms. The molecule has 2 aliphatic rings. The molecule has 4 nitrogen and oxygen atoms in total. The van der Waals surface area contributed by atoms with E-state index in [-0.39, 0.29) is 12.6 Å². The highest BCUT2D eigenvalue weighted by molar-refractivity contribution is 4.67. The predicted octanol–water partition coefficient (Wildman–Crippen LogP) is 1.78. The fraction of sp³-hybridized carbons (Fsp3) is 1.00. The first kappa shape index (κ1) is 12.3. The van der Waals surface area contributed by atoms with Crippen LogP contribution in [0.1, 0.15) is 26.7 Å². The van der Waals surface area contributed by atoms with Crippen LogP contribution in [0.2, 0.25) is 0 Å². The Kier molecular flexibility index (Phi) is 4.58. The maximum Gasteiger partial charge on any atom is 0.154 e. The van der Waals surface area contributed by atoms with Crippen LogP contribution in [-0.4, -0.2) is 39.0 Å². The van der Waals surface area contributed by atoms with Gasteiger partial charge in [-0.2, -0.15) is 0 Å². The van der Waals surface area contributed by atoms with E-state index in [4.69, 9.17) is 18.9 Å². The van der Waals surface area contributed by atoms with E-state index >= 15 is 0 Å². The monoisotopic (exact) mass is 230 g/mol. The Hall–Kier alpha value is -0.160. The van der Waals surface area contributed by atoms with Crippen LogP contribution in [0.5, 0.6) is 0 Å². The van der Waals surface area contributed by atoms with E-state index in [1.54, 1.807) is 0 Å². The molecule has 0 atom stereocenters. The molecule has 0 aromatic rings. The van der Waals surface area contributed by atoms with Crippen LogP contribution in [0.4, 0.5) is 0 Å². The molecule has 0 bridgehead atoms. The van der Waals surface area contributed by atoms with Gasteiger partial charge in [0.1, 0.15) is 0 Å². The van der Waals surface area contributed by atoms with Crippen molar-refractivity contribution >= 4 is 0 Å². The second-order valence-corrected chi connectivity index (χ2v) is 4.78. The molecule has 94 valence electrons. The average molecular weight is 230 g/mol. The van der Waals surface area contributed by atoms with Gasteiger partial charge in [-0.15, -0.1) is 0 Å². The Morgan fingerprint density at radius 3 is 1.31 bits per heavy atom. The summed E-state index contributed by atoms with van der Waals surface area (Å²) >= 11 is 0. The van der Waals surface area contributed by atoms with Crippen LogP contribution in [0.25, 0.3) is 0 Å². The van der Waals surface area contributed by atoms with Gasteiger partial charge in [-0.1, -0.05) is 0 Å². The average Bonchev–Trinajstić information content (AvgIpc) is 2.30. The summed E-state index contributed by atoms with van der Waals surface area (Å²) in [6.45, 7) is 7.19. The van der Waals surface area contributed by atoms with Crippen LogP contribution >= 0.6 is 0 Å². The van der Waals surface area contributed by atoms with Crippen LogP contribution in [0, 0.1) is 11.8 Å². The van der Waals surface area contributed by atoms with Gasteiger partial charge < -0.3 is 18.9 Å². The molecule has 0 N–H and O–H groups in total. The molecular weight excluding hydrogens is 208 g/mol. The minimum absolute atomic E-state index is 0.0292. The first-order valence-corrected chi connectivity index (χ1v) is 6.20. The third kappa shape index (κ3) is 3.70. The lowest BCUT2D eigenvalue weighted by molar-refractivity contribution is -0.200. The lowest BCUT2D eigenvalue weighted by Crippen LogP contribution is -2.33. The zero-order chi connectivity index (χ0) is 11.4. The number of ether oxygens (including phenoxy) is 4. The summed E-state index contributed by atoms with van der Waals surface area (Å²) < 4.78 is 21.9. The molecule has 0 unspecified atom stereocenters. The van der Waals surface area contributed by atoms with Crippen LogP contribution < -0.4 is 0 Å². The van der Waals surface area contributed by atoms with E-state index < -0.39 is 0 Å². The Labute approximate surface area is 97.2 Å². The summed E-state index contributed by atoms with van der Waals surface area (Å²) in [6.07, 6.45) is 2.22. The molecule has 0 amide bonds. The SMILES string of the molecule is CC1OCC(CC[C@H]2CO[C@@H](C)OC2)CO1. The zero-order valence-electron chi connectivity index (χ0n) is 10.2. The second-order valence-electron chi connectivity index (χ2n) is 4.78. The molecule has 0 aliphatic carbocycles.